The van der Waals surface area contributed by atoms with E-state index in [1.54, 1.807) is 41.8 Å². The third kappa shape index (κ3) is 3.93. The maximum Gasteiger partial charge on any atom is 0.264 e. The van der Waals surface area contributed by atoms with Crippen molar-refractivity contribution in [3.05, 3.63) is 75.3 Å². The summed E-state index contributed by atoms with van der Waals surface area (Å²) in [4.78, 5) is 14.9. The van der Waals surface area contributed by atoms with Crippen molar-refractivity contribution in [2.24, 2.45) is 14.1 Å². The average molecular weight is 477 g/mol. The van der Waals surface area contributed by atoms with Gasteiger partial charge in [-0.25, -0.2) is 8.78 Å². The lowest BCUT2D eigenvalue weighted by Crippen LogP contribution is -2.26. The molecule has 1 aliphatic heterocycles. The lowest BCUT2D eigenvalue weighted by atomic mass is 9.91. The fourth-order valence-corrected chi connectivity index (χ4v) is 5.17. The summed E-state index contributed by atoms with van der Waals surface area (Å²) in [6, 6.07) is 9.73. The molecule has 2 aromatic heterocycles. The Bertz CT molecular complexity index is 1500. The maximum absolute atomic E-state index is 14.3. The Hall–Kier alpha value is -3.48. The van der Waals surface area contributed by atoms with Crippen molar-refractivity contribution >= 4 is 22.3 Å². The fraction of sp³-hybridized carbons (Fsp3) is 0.357. The highest BCUT2D eigenvalue weighted by Gasteiger charge is 2.26. The van der Waals surface area contributed by atoms with E-state index in [9.17, 15) is 13.6 Å². The Morgan fingerprint density at radius 2 is 1.80 bits per heavy atom. The van der Waals surface area contributed by atoms with Crippen molar-refractivity contribution in [1.82, 2.24) is 14.3 Å². The number of halogens is 2. The lowest BCUT2D eigenvalue weighted by molar-refractivity contribution is 0.152. The zero-order chi connectivity index (χ0) is 25.0. The minimum absolute atomic E-state index is 0.0107. The minimum Gasteiger partial charge on any atom is -0.341 e. The van der Waals surface area contributed by atoms with Gasteiger partial charge < -0.3 is 9.47 Å². The molecule has 0 atom stereocenters. The van der Waals surface area contributed by atoms with Crippen molar-refractivity contribution < 1.29 is 8.78 Å². The van der Waals surface area contributed by atoms with Crippen LogP contribution in [0.25, 0.3) is 22.0 Å². The van der Waals surface area contributed by atoms with Crippen LogP contribution < -0.4 is 10.5 Å². The van der Waals surface area contributed by atoms with Gasteiger partial charge in [-0.15, -0.1) is 0 Å². The summed E-state index contributed by atoms with van der Waals surface area (Å²) in [5.41, 5.74) is 6.66. The normalized spacial score (nSPS) is 13.8. The predicted molar refractivity (Wildman–Crippen MR) is 137 cm³/mol. The molecule has 182 valence electrons. The summed E-state index contributed by atoms with van der Waals surface area (Å²) in [7, 11) is 3.58. The molecule has 0 saturated carbocycles. The second kappa shape index (κ2) is 8.63. The van der Waals surface area contributed by atoms with Crippen molar-refractivity contribution in [3.8, 4) is 11.1 Å². The van der Waals surface area contributed by atoms with Gasteiger partial charge in [0, 0.05) is 54.6 Å². The van der Waals surface area contributed by atoms with Crippen molar-refractivity contribution in [2.45, 2.75) is 46.0 Å². The van der Waals surface area contributed by atoms with Crippen LogP contribution in [0.4, 0.5) is 20.2 Å². The Balaban J connectivity index is 1.77. The lowest BCUT2D eigenvalue weighted by Gasteiger charge is -2.34. The first kappa shape index (κ1) is 23.3. The van der Waals surface area contributed by atoms with E-state index in [1.807, 2.05) is 19.1 Å². The Kier molecular flexibility index (Phi) is 5.74. The number of aromatic nitrogens is 3. The first-order valence-corrected chi connectivity index (χ1v) is 12.0. The van der Waals surface area contributed by atoms with E-state index in [-0.39, 0.29) is 17.0 Å². The van der Waals surface area contributed by atoms with E-state index in [4.69, 9.17) is 0 Å². The topological polar surface area (TPSA) is 43.1 Å². The summed E-state index contributed by atoms with van der Waals surface area (Å²) in [6.45, 7) is 6.79. The zero-order valence-electron chi connectivity index (χ0n) is 20.8. The van der Waals surface area contributed by atoms with Crippen molar-refractivity contribution in [2.75, 3.05) is 11.4 Å². The predicted octanol–water partition coefficient (Wildman–Crippen LogP) is 6.39. The van der Waals surface area contributed by atoms with Crippen LogP contribution in [0.5, 0.6) is 0 Å². The van der Waals surface area contributed by atoms with Crippen LogP contribution >= 0.6 is 0 Å². The third-order valence-corrected chi connectivity index (χ3v) is 7.10. The van der Waals surface area contributed by atoms with E-state index < -0.39 is 6.43 Å². The number of pyridine rings is 1. The number of alkyl halides is 2. The van der Waals surface area contributed by atoms with Gasteiger partial charge in [0.1, 0.15) is 0 Å². The fourth-order valence-electron chi connectivity index (χ4n) is 5.17. The summed E-state index contributed by atoms with van der Waals surface area (Å²) in [5, 5.41) is 5.14. The van der Waals surface area contributed by atoms with Gasteiger partial charge in [-0.2, -0.15) is 5.10 Å². The molecule has 4 aromatic rings. The number of hydrogen-bond acceptors (Lipinski definition) is 3. The molecule has 3 heterocycles. The number of hydrogen-bond donors (Lipinski definition) is 0. The molecule has 0 fully saturated rings. The molecule has 5 nitrogen and oxygen atoms in total. The first-order valence-electron chi connectivity index (χ1n) is 12.0. The van der Waals surface area contributed by atoms with Crippen LogP contribution in [0.1, 0.15) is 54.9 Å². The molecular formula is C28H30F2N4O. The molecule has 0 N–H and O–H groups in total. The third-order valence-electron chi connectivity index (χ3n) is 7.10. The molecule has 5 rings (SSSR count). The molecule has 0 unspecified atom stereocenters. The van der Waals surface area contributed by atoms with Gasteiger partial charge >= 0.3 is 0 Å². The van der Waals surface area contributed by atoms with Gasteiger partial charge in [0.05, 0.1) is 17.4 Å². The number of rotatable bonds is 4. The van der Waals surface area contributed by atoms with E-state index in [1.165, 1.54) is 0 Å². The molecule has 7 heteroatoms. The van der Waals surface area contributed by atoms with E-state index in [2.05, 4.69) is 36.0 Å². The summed E-state index contributed by atoms with van der Waals surface area (Å²) < 4.78 is 31.9. The molecule has 0 saturated heterocycles. The molecule has 2 aromatic carbocycles. The van der Waals surface area contributed by atoms with E-state index >= 15 is 0 Å². The van der Waals surface area contributed by atoms with Crippen LogP contribution in [-0.2, 0) is 20.5 Å². The Morgan fingerprint density at radius 1 is 1.03 bits per heavy atom. The smallest absolute Gasteiger partial charge is 0.264 e. The van der Waals surface area contributed by atoms with Crippen LogP contribution in [0.3, 0.4) is 0 Å². The number of aryl methyl sites for hydroxylation is 4. The van der Waals surface area contributed by atoms with Gasteiger partial charge in [0.15, 0.2) is 0 Å². The molecule has 1 aliphatic rings. The minimum atomic E-state index is -2.61. The first-order chi connectivity index (χ1) is 16.7. The molecule has 0 aliphatic carbocycles. The van der Waals surface area contributed by atoms with Crippen LogP contribution in [0.15, 0.2) is 47.5 Å². The second-order valence-corrected chi connectivity index (χ2v) is 9.85. The number of nitrogens with zero attached hydrogens (tertiary/aromatic N) is 4. The average Bonchev–Trinajstić information content (AvgIpc) is 3.27. The van der Waals surface area contributed by atoms with E-state index in [0.717, 1.165) is 52.8 Å². The van der Waals surface area contributed by atoms with Crippen molar-refractivity contribution in [1.29, 1.82) is 0 Å². The monoisotopic (exact) mass is 476 g/mol. The highest BCUT2D eigenvalue weighted by molar-refractivity contribution is 5.96. The quantitative estimate of drug-likeness (QED) is 0.343. The molecule has 0 bridgehead atoms. The standard InChI is InChI=1S/C28H30F2N4O/c1-16(2)19-11-25-23(9-17(3)28(35)33(25)5)26(12-19)34-8-6-7-18-10-21(20-14-31-32(4)15-20)22(27(29)30)13-24(18)34/h9-16,27H,6-8H2,1-5H3. The van der Waals surface area contributed by atoms with Crippen LogP contribution in [0.2, 0.25) is 0 Å². The van der Waals surface area contributed by atoms with Crippen LogP contribution in [-0.4, -0.2) is 20.9 Å². The van der Waals surface area contributed by atoms with Crippen LogP contribution in [0, 0.1) is 6.92 Å². The van der Waals surface area contributed by atoms with Crippen molar-refractivity contribution in [3.63, 3.8) is 0 Å². The van der Waals surface area contributed by atoms with Gasteiger partial charge in [-0.1, -0.05) is 13.8 Å². The highest BCUT2D eigenvalue weighted by atomic mass is 19.3. The van der Waals surface area contributed by atoms with E-state index in [0.29, 0.717) is 16.7 Å². The summed E-state index contributed by atoms with van der Waals surface area (Å²) in [6.07, 6.45) is 2.53. The number of benzene rings is 2. The second-order valence-electron chi connectivity index (χ2n) is 9.85. The van der Waals surface area contributed by atoms with Gasteiger partial charge in [0.2, 0.25) is 0 Å². The van der Waals surface area contributed by atoms with Gasteiger partial charge in [-0.05, 0) is 72.7 Å². The molecule has 0 amide bonds. The number of fused-ring (bicyclic) bond motifs is 2. The Morgan fingerprint density at radius 3 is 2.46 bits per heavy atom. The van der Waals surface area contributed by atoms with Gasteiger partial charge in [0.25, 0.3) is 12.0 Å². The number of anilines is 2. The highest BCUT2D eigenvalue weighted by Crippen LogP contribution is 2.43. The summed E-state index contributed by atoms with van der Waals surface area (Å²) >= 11 is 0. The molecule has 0 radical (unpaired) electrons. The molecular weight excluding hydrogens is 446 g/mol. The maximum atomic E-state index is 14.3. The Labute approximate surface area is 203 Å². The summed E-state index contributed by atoms with van der Waals surface area (Å²) in [5.74, 6) is 0.253. The molecule has 35 heavy (non-hydrogen) atoms. The van der Waals surface area contributed by atoms with Gasteiger partial charge in [-0.3, -0.25) is 9.48 Å². The molecule has 0 spiro atoms. The largest absolute Gasteiger partial charge is 0.341 e. The zero-order valence-corrected chi connectivity index (χ0v) is 20.8. The SMILES string of the molecule is Cc1cc2c(N3CCCc4cc(-c5cnn(C)c5)c(C(F)F)cc43)cc(C(C)C)cc2n(C)c1=O.